The lowest BCUT2D eigenvalue weighted by Crippen LogP contribution is -2.39. The van der Waals surface area contributed by atoms with E-state index in [-0.39, 0.29) is 0 Å². The van der Waals surface area contributed by atoms with Gasteiger partial charge < -0.3 is 14.7 Å². The number of rotatable bonds is 9. The summed E-state index contributed by atoms with van der Waals surface area (Å²) in [4.78, 5) is 9.94. The van der Waals surface area contributed by atoms with Crippen molar-refractivity contribution in [2.45, 2.75) is 165 Å². The molecule has 68 heavy (non-hydrogen) atoms. The number of likely N-dealkylation sites (tertiary alicyclic amines) is 3. The van der Waals surface area contributed by atoms with Crippen molar-refractivity contribution >= 4 is 12.6 Å². The zero-order valence-electron chi connectivity index (χ0n) is 40.9. The first-order valence-corrected chi connectivity index (χ1v) is 28.7. The van der Waals surface area contributed by atoms with Crippen molar-refractivity contribution in [3.8, 4) is 0 Å². The van der Waals surface area contributed by atoms with Gasteiger partial charge >= 0.3 is 0 Å². The van der Waals surface area contributed by atoms with E-state index in [4.69, 9.17) is 12.6 Å². The van der Waals surface area contributed by atoms with E-state index < -0.39 is 0 Å². The molecule has 0 saturated carbocycles. The van der Waals surface area contributed by atoms with Crippen LogP contribution >= 0.6 is 12.6 Å². The van der Waals surface area contributed by atoms with Gasteiger partial charge in [0.25, 0.3) is 0 Å². The summed E-state index contributed by atoms with van der Waals surface area (Å²) in [7, 11) is 0. The highest BCUT2D eigenvalue weighted by Gasteiger charge is 2.55. The van der Waals surface area contributed by atoms with Crippen molar-refractivity contribution in [1.82, 2.24) is 14.7 Å². The van der Waals surface area contributed by atoms with Crippen molar-refractivity contribution in [3.05, 3.63) is 167 Å². The standard InChI is InChI=1S/C64H79N3S/c68-64(26-14-17-43-15-4-1-5-16-43)44-27-33-51(34-28-44)67-59-25-13-11-23-53(59)55-40-46(30-36-61(55)67)48-32-38-63-57(42-48)56-41-47(31-37-62(56)66(63)50-20-8-3-9-21-50)45-29-35-60-54(39-45)52-22-10-12-24-58(52)65(60)49-18-6-2-7-19-49/h2-4,6,8,12-13,15,18,20,24-27,30-33,36-39,43,45-48,52-53,55-63,68H,1,5,7,9-11,14,16-17,19,21-23,28-29,34-35,40-42H2/b64-26-. The van der Waals surface area contributed by atoms with Crippen LogP contribution in [0, 0.1) is 59.2 Å². The molecule has 0 aromatic heterocycles. The van der Waals surface area contributed by atoms with Crippen molar-refractivity contribution in [3.63, 3.8) is 0 Å². The van der Waals surface area contributed by atoms with Crippen LogP contribution in [-0.4, -0.2) is 51.0 Å². The molecule has 0 N–H and O–H groups in total. The van der Waals surface area contributed by atoms with Crippen molar-refractivity contribution in [1.29, 1.82) is 0 Å². The first-order valence-electron chi connectivity index (χ1n) is 28.3. The fourth-order valence-electron chi connectivity index (χ4n) is 17.1. The van der Waals surface area contributed by atoms with Crippen molar-refractivity contribution < 1.29 is 0 Å². The number of nitrogens with zero attached hydrogens (tertiary/aromatic N) is 3. The number of hydrogen-bond donors (Lipinski definition) is 1. The molecule has 0 spiro atoms. The summed E-state index contributed by atoms with van der Waals surface area (Å²) >= 11 is 5.06. The summed E-state index contributed by atoms with van der Waals surface area (Å²) in [5.74, 6) is 7.02. The first-order chi connectivity index (χ1) is 33.6. The summed E-state index contributed by atoms with van der Waals surface area (Å²) < 4.78 is 0. The third-order valence-electron chi connectivity index (χ3n) is 20.2. The Morgan fingerprint density at radius 1 is 0.500 bits per heavy atom. The minimum absolute atomic E-state index is 0.522. The zero-order chi connectivity index (χ0) is 45.1. The van der Waals surface area contributed by atoms with Gasteiger partial charge in [-0.3, -0.25) is 0 Å². The van der Waals surface area contributed by atoms with Crippen LogP contribution in [0.2, 0.25) is 0 Å². The Balaban J connectivity index is 0.733. The SMILES string of the molecule is S/C(=C\CCC1C=CCCC1)C1=CC=C(N2C3C=CCCC3C3CC(C4C=CC5C(C4)C4CC(C6C=C7C8CCC=CC8N(C8=CC=CCC8)C7CC6)C=CC4N5C4=CC=CCC4)C=CC32)CC1. The molecule has 13 aliphatic rings. The van der Waals surface area contributed by atoms with E-state index in [1.165, 1.54) is 120 Å². The summed E-state index contributed by atoms with van der Waals surface area (Å²) in [5.41, 5.74) is 7.99. The molecule has 13 rings (SSSR count). The normalized spacial score (nSPS) is 42.1. The molecule has 0 aromatic carbocycles. The number of allylic oxidation sites excluding steroid dienone is 21. The lowest BCUT2D eigenvalue weighted by atomic mass is 9.64. The Morgan fingerprint density at radius 2 is 1.12 bits per heavy atom. The Kier molecular flexibility index (Phi) is 12.3. The molecule has 0 amide bonds. The van der Waals surface area contributed by atoms with Crippen LogP contribution < -0.4 is 0 Å². The molecule has 3 saturated heterocycles. The molecule has 3 nitrogen and oxygen atoms in total. The molecule has 16 atom stereocenters. The topological polar surface area (TPSA) is 9.72 Å². The van der Waals surface area contributed by atoms with Gasteiger partial charge in [0.05, 0.1) is 36.3 Å². The fourth-order valence-corrected chi connectivity index (χ4v) is 17.4. The van der Waals surface area contributed by atoms with Crippen LogP contribution in [0.3, 0.4) is 0 Å². The third-order valence-corrected chi connectivity index (χ3v) is 20.7. The Morgan fingerprint density at radius 3 is 1.76 bits per heavy atom. The summed E-state index contributed by atoms with van der Waals surface area (Å²) in [6, 6.07) is 3.29. The Hall–Kier alpha value is -3.89. The highest BCUT2D eigenvalue weighted by molar-refractivity contribution is 7.84. The van der Waals surface area contributed by atoms with E-state index in [0.717, 1.165) is 48.9 Å². The monoisotopic (exact) mass is 922 g/mol. The zero-order valence-corrected chi connectivity index (χ0v) is 41.8. The Bertz CT molecular complexity index is 2390. The predicted molar refractivity (Wildman–Crippen MR) is 286 cm³/mol. The molecule has 10 aliphatic carbocycles. The second-order valence-electron chi connectivity index (χ2n) is 23.6. The summed E-state index contributed by atoms with van der Waals surface area (Å²) in [6.07, 6.45) is 81.3. The lowest BCUT2D eigenvalue weighted by Gasteiger charge is -2.41. The summed E-state index contributed by atoms with van der Waals surface area (Å²) in [5, 5.41) is 0. The molecule has 3 heterocycles. The highest BCUT2D eigenvalue weighted by Crippen LogP contribution is 2.57. The molecule has 0 aromatic rings. The van der Waals surface area contributed by atoms with Gasteiger partial charge in [-0.15, -0.1) is 12.6 Å². The second-order valence-corrected chi connectivity index (χ2v) is 24.1. The smallest absolute Gasteiger partial charge is 0.0542 e. The second kappa shape index (κ2) is 19.0. The molecule has 16 unspecified atom stereocenters. The van der Waals surface area contributed by atoms with Crippen LogP contribution in [0.1, 0.15) is 128 Å². The van der Waals surface area contributed by atoms with Crippen LogP contribution in [0.25, 0.3) is 0 Å². The van der Waals surface area contributed by atoms with Crippen LogP contribution in [0.5, 0.6) is 0 Å². The van der Waals surface area contributed by atoms with E-state index in [9.17, 15) is 0 Å². The largest absolute Gasteiger partial charge is 0.361 e. The average molecular weight is 922 g/mol. The van der Waals surface area contributed by atoms with E-state index in [0.29, 0.717) is 65.8 Å². The van der Waals surface area contributed by atoms with Gasteiger partial charge in [0.2, 0.25) is 0 Å². The lowest BCUT2D eigenvalue weighted by molar-refractivity contribution is 0.191. The average Bonchev–Trinajstić information content (AvgIpc) is 4.04. The predicted octanol–water partition coefficient (Wildman–Crippen LogP) is 15.0. The molecule has 0 radical (unpaired) electrons. The van der Waals surface area contributed by atoms with Crippen molar-refractivity contribution in [2.24, 2.45) is 59.2 Å². The van der Waals surface area contributed by atoms with E-state index >= 15 is 0 Å². The molecule has 3 aliphatic heterocycles. The molecular weight excluding hydrogens is 843 g/mol. The van der Waals surface area contributed by atoms with Gasteiger partial charge in [0, 0.05) is 27.9 Å². The highest BCUT2D eigenvalue weighted by atomic mass is 32.1. The quantitative estimate of drug-likeness (QED) is 0.182. The maximum Gasteiger partial charge on any atom is 0.0542 e. The fraction of sp³-hybridized carbons (Fsp3) is 0.562. The molecule has 4 heteroatoms. The summed E-state index contributed by atoms with van der Waals surface area (Å²) in [6.45, 7) is 0. The molecule has 3 fully saturated rings. The molecule has 0 bridgehead atoms. The Labute approximate surface area is 415 Å². The van der Waals surface area contributed by atoms with Crippen molar-refractivity contribution in [2.75, 3.05) is 0 Å². The number of hydrogen-bond acceptors (Lipinski definition) is 4. The van der Waals surface area contributed by atoms with Gasteiger partial charge in [-0.25, -0.2) is 0 Å². The van der Waals surface area contributed by atoms with Gasteiger partial charge in [0.15, 0.2) is 0 Å². The van der Waals surface area contributed by atoms with Crippen LogP contribution in [0.15, 0.2) is 167 Å². The number of thiol groups is 1. The van der Waals surface area contributed by atoms with E-state index in [1.807, 2.05) is 5.57 Å². The van der Waals surface area contributed by atoms with Crippen LogP contribution in [0.4, 0.5) is 0 Å². The maximum atomic E-state index is 5.06. The maximum absolute atomic E-state index is 5.06. The third kappa shape index (κ3) is 8.02. The van der Waals surface area contributed by atoms with E-state index in [2.05, 4.69) is 148 Å². The molecule has 356 valence electrons. The van der Waals surface area contributed by atoms with E-state index in [1.54, 1.807) is 17.1 Å². The van der Waals surface area contributed by atoms with Gasteiger partial charge in [-0.2, -0.15) is 0 Å². The minimum Gasteiger partial charge on any atom is -0.361 e. The minimum atomic E-state index is 0.522. The first kappa shape index (κ1) is 44.1. The number of fused-ring (bicyclic) bond motifs is 9. The van der Waals surface area contributed by atoms with Gasteiger partial charge in [0.1, 0.15) is 0 Å². The van der Waals surface area contributed by atoms with Gasteiger partial charge in [-0.1, -0.05) is 115 Å². The molecular formula is C64H79N3S. The van der Waals surface area contributed by atoms with Crippen LogP contribution in [-0.2, 0) is 0 Å². The van der Waals surface area contributed by atoms with Gasteiger partial charge in [-0.05, 0) is 211 Å².